The molecule has 0 atom stereocenters. The molecule has 1 heterocycles. The number of thioether (sulfide) groups is 1. The first kappa shape index (κ1) is 8.63. The fourth-order valence-corrected chi connectivity index (χ4v) is 2.27. The van der Waals surface area contributed by atoms with Crippen molar-refractivity contribution in [3.63, 3.8) is 0 Å². The molecule has 1 aliphatic heterocycles. The molecule has 2 rings (SSSR count). The van der Waals surface area contributed by atoms with Crippen LogP contribution in [-0.2, 0) is 10.5 Å². The summed E-state index contributed by atoms with van der Waals surface area (Å²) < 4.78 is 0. The van der Waals surface area contributed by atoms with E-state index in [2.05, 4.69) is 11.4 Å². The largest absolute Gasteiger partial charge is 0.326 e. The number of carbonyl (C=O) groups excluding carboxylic acids is 1. The average molecular weight is 193 g/mol. The van der Waals surface area contributed by atoms with Crippen LogP contribution in [0.3, 0.4) is 0 Å². The highest BCUT2D eigenvalue weighted by molar-refractivity contribution is 7.98. The summed E-state index contributed by atoms with van der Waals surface area (Å²) in [7, 11) is 0. The molecule has 3 heteroatoms. The molecule has 0 unspecified atom stereocenters. The molecule has 0 aliphatic carbocycles. The molecule has 0 fully saturated rings. The smallest absolute Gasteiger partial charge is 0.225 e. The Morgan fingerprint density at radius 2 is 2.15 bits per heavy atom. The second-order valence-corrected chi connectivity index (χ2v) is 4.11. The summed E-state index contributed by atoms with van der Waals surface area (Å²) in [4.78, 5) is 11.3. The van der Waals surface area contributed by atoms with Gasteiger partial charge in [0.1, 0.15) is 0 Å². The molecule has 0 spiro atoms. The zero-order chi connectivity index (χ0) is 9.10. The number of rotatable bonds is 0. The summed E-state index contributed by atoms with van der Waals surface area (Å²) in [6.07, 6.45) is 0.624. The number of nitrogens with one attached hydrogen (secondary N) is 1. The zero-order valence-corrected chi connectivity index (χ0v) is 8.06. The van der Waals surface area contributed by atoms with E-state index in [1.54, 1.807) is 0 Å². The molecule has 0 saturated heterocycles. The lowest BCUT2D eigenvalue weighted by Crippen LogP contribution is -2.15. The van der Waals surface area contributed by atoms with E-state index in [-0.39, 0.29) is 5.91 Å². The Morgan fingerprint density at radius 3 is 3.08 bits per heavy atom. The molecule has 1 aliphatic rings. The normalized spacial score (nSPS) is 16.8. The van der Waals surface area contributed by atoms with E-state index in [0.29, 0.717) is 6.42 Å². The number of amides is 1. The molecule has 0 saturated carbocycles. The van der Waals surface area contributed by atoms with Gasteiger partial charge in [-0.15, -0.1) is 0 Å². The Hall–Kier alpha value is -0.960. The van der Waals surface area contributed by atoms with Crippen molar-refractivity contribution in [3.8, 4) is 0 Å². The number of benzene rings is 1. The van der Waals surface area contributed by atoms with Gasteiger partial charge in [-0.25, -0.2) is 0 Å². The van der Waals surface area contributed by atoms with Gasteiger partial charge in [0.15, 0.2) is 0 Å². The van der Waals surface area contributed by atoms with Crippen molar-refractivity contribution in [3.05, 3.63) is 29.8 Å². The minimum Gasteiger partial charge on any atom is -0.326 e. The lowest BCUT2D eigenvalue weighted by molar-refractivity contribution is -0.115. The first-order valence-electron chi connectivity index (χ1n) is 4.32. The van der Waals surface area contributed by atoms with Gasteiger partial charge >= 0.3 is 0 Å². The van der Waals surface area contributed by atoms with E-state index in [0.717, 1.165) is 17.2 Å². The number of anilines is 1. The number of para-hydroxylation sites is 1. The molecule has 0 bridgehead atoms. The summed E-state index contributed by atoms with van der Waals surface area (Å²) in [5.41, 5.74) is 2.19. The van der Waals surface area contributed by atoms with Crippen molar-refractivity contribution in [2.45, 2.75) is 12.2 Å². The van der Waals surface area contributed by atoms with E-state index >= 15 is 0 Å². The maximum atomic E-state index is 11.3. The van der Waals surface area contributed by atoms with Gasteiger partial charge in [0, 0.05) is 23.6 Å². The third kappa shape index (κ3) is 2.04. The molecule has 1 aromatic rings. The maximum absolute atomic E-state index is 11.3. The molecule has 68 valence electrons. The first-order valence-corrected chi connectivity index (χ1v) is 5.47. The Balaban J connectivity index is 2.30. The van der Waals surface area contributed by atoms with Crippen molar-refractivity contribution >= 4 is 23.4 Å². The van der Waals surface area contributed by atoms with Gasteiger partial charge in [-0.1, -0.05) is 18.2 Å². The summed E-state index contributed by atoms with van der Waals surface area (Å²) in [5.74, 6) is 2.04. The lowest BCUT2D eigenvalue weighted by atomic mass is 10.2. The third-order valence-electron chi connectivity index (χ3n) is 2.02. The maximum Gasteiger partial charge on any atom is 0.225 e. The summed E-state index contributed by atoms with van der Waals surface area (Å²) in [6.45, 7) is 0. The van der Waals surface area contributed by atoms with E-state index in [4.69, 9.17) is 0 Å². The van der Waals surface area contributed by atoms with Gasteiger partial charge in [0.2, 0.25) is 5.91 Å². The van der Waals surface area contributed by atoms with Gasteiger partial charge in [0.25, 0.3) is 0 Å². The van der Waals surface area contributed by atoms with Crippen molar-refractivity contribution in [1.29, 1.82) is 0 Å². The topological polar surface area (TPSA) is 29.1 Å². The van der Waals surface area contributed by atoms with E-state index in [1.807, 2.05) is 30.0 Å². The Labute approximate surface area is 81.7 Å². The van der Waals surface area contributed by atoms with Crippen LogP contribution < -0.4 is 5.32 Å². The van der Waals surface area contributed by atoms with Gasteiger partial charge in [-0.3, -0.25) is 4.79 Å². The van der Waals surface area contributed by atoms with Crippen molar-refractivity contribution < 1.29 is 4.79 Å². The summed E-state index contributed by atoms with van der Waals surface area (Å²) >= 11 is 1.81. The van der Waals surface area contributed by atoms with Crippen LogP contribution in [0.4, 0.5) is 5.69 Å². The highest BCUT2D eigenvalue weighted by Crippen LogP contribution is 2.23. The van der Waals surface area contributed by atoms with Gasteiger partial charge in [-0.05, 0) is 11.6 Å². The van der Waals surface area contributed by atoms with Crippen LogP contribution in [0.1, 0.15) is 12.0 Å². The SMILES string of the molecule is O=C1CCSCc2ccccc2N1. The second-order valence-electron chi connectivity index (χ2n) is 3.01. The molecular formula is C10H11NOS. The van der Waals surface area contributed by atoms with E-state index in [1.165, 1.54) is 5.56 Å². The number of hydrogen-bond donors (Lipinski definition) is 1. The molecule has 13 heavy (non-hydrogen) atoms. The Bertz CT molecular complexity index is 324. The van der Waals surface area contributed by atoms with Crippen LogP contribution in [0.2, 0.25) is 0 Å². The first-order chi connectivity index (χ1) is 6.36. The van der Waals surface area contributed by atoms with Crippen LogP contribution in [0, 0.1) is 0 Å². The molecule has 1 aromatic carbocycles. The van der Waals surface area contributed by atoms with Crippen LogP contribution >= 0.6 is 11.8 Å². The standard InChI is InChI=1S/C10H11NOS/c12-10-5-6-13-7-8-3-1-2-4-9(8)11-10/h1-4H,5-7H2,(H,11,12). The molecule has 0 aromatic heterocycles. The predicted octanol–water partition coefficient (Wildman–Crippen LogP) is 2.26. The summed E-state index contributed by atoms with van der Waals surface area (Å²) in [5, 5.41) is 2.91. The second kappa shape index (κ2) is 3.83. The molecule has 2 nitrogen and oxygen atoms in total. The predicted molar refractivity (Wildman–Crippen MR) is 55.9 cm³/mol. The van der Waals surface area contributed by atoms with Crippen LogP contribution in [0.15, 0.2) is 24.3 Å². The van der Waals surface area contributed by atoms with Gasteiger partial charge < -0.3 is 5.32 Å². The average Bonchev–Trinajstić information content (AvgIpc) is 2.11. The molecular weight excluding hydrogens is 182 g/mol. The monoisotopic (exact) mass is 193 g/mol. The van der Waals surface area contributed by atoms with Gasteiger partial charge in [-0.2, -0.15) is 11.8 Å². The van der Waals surface area contributed by atoms with E-state index in [9.17, 15) is 4.79 Å². The van der Waals surface area contributed by atoms with Crippen LogP contribution in [0.5, 0.6) is 0 Å². The number of hydrogen-bond acceptors (Lipinski definition) is 2. The van der Waals surface area contributed by atoms with Crippen LogP contribution in [0.25, 0.3) is 0 Å². The fourth-order valence-electron chi connectivity index (χ4n) is 1.33. The van der Waals surface area contributed by atoms with Gasteiger partial charge in [0.05, 0.1) is 0 Å². The van der Waals surface area contributed by atoms with Crippen molar-refractivity contribution in [2.24, 2.45) is 0 Å². The number of fused-ring (bicyclic) bond motifs is 1. The highest BCUT2D eigenvalue weighted by atomic mass is 32.2. The third-order valence-corrected chi connectivity index (χ3v) is 3.03. The Kier molecular flexibility index (Phi) is 2.54. The van der Waals surface area contributed by atoms with Crippen LogP contribution in [-0.4, -0.2) is 11.7 Å². The van der Waals surface area contributed by atoms with E-state index < -0.39 is 0 Å². The zero-order valence-electron chi connectivity index (χ0n) is 7.25. The molecule has 1 amide bonds. The fraction of sp³-hybridized carbons (Fsp3) is 0.300. The molecule has 1 N–H and O–H groups in total. The quantitative estimate of drug-likeness (QED) is 0.684. The number of carbonyl (C=O) groups is 1. The minimum absolute atomic E-state index is 0.125. The summed E-state index contributed by atoms with van der Waals surface area (Å²) in [6, 6.07) is 7.98. The Morgan fingerprint density at radius 1 is 1.31 bits per heavy atom. The highest BCUT2D eigenvalue weighted by Gasteiger charge is 2.09. The lowest BCUT2D eigenvalue weighted by Gasteiger charge is -2.13. The minimum atomic E-state index is 0.125. The van der Waals surface area contributed by atoms with Crippen molar-refractivity contribution in [1.82, 2.24) is 0 Å². The molecule has 0 radical (unpaired) electrons. The van der Waals surface area contributed by atoms with Crippen molar-refractivity contribution in [2.75, 3.05) is 11.1 Å².